The third kappa shape index (κ3) is 4.85. The molecule has 5 rings (SSSR count). The molecule has 1 fully saturated rings. The number of nitrogens with zero attached hydrogens (tertiary/aromatic N) is 2. The zero-order chi connectivity index (χ0) is 25.2. The van der Waals surface area contributed by atoms with E-state index in [9.17, 15) is 15.0 Å². The fourth-order valence-electron chi connectivity index (χ4n) is 4.55. The molecule has 1 amide bonds. The van der Waals surface area contributed by atoms with E-state index in [4.69, 9.17) is 11.6 Å². The molecule has 182 valence electrons. The molecule has 3 aromatic carbocycles. The molecule has 0 spiro atoms. The Morgan fingerprint density at radius 2 is 1.78 bits per heavy atom. The van der Waals surface area contributed by atoms with E-state index >= 15 is 0 Å². The predicted octanol–water partition coefficient (Wildman–Crippen LogP) is 6.34. The fourth-order valence-corrected chi connectivity index (χ4v) is 6.07. The lowest BCUT2D eigenvalue weighted by Gasteiger charge is -2.47. The maximum atomic E-state index is 13.4. The lowest BCUT2D eigenvalue weighted by atomic mass is 9.92. The number of rotatable bonds is 7. The van der Waals surface area contributed by atoms with E-state index in [-0.39, 0.29) is 22.9 Å². The second kappa shape index (κ2) is 10.3. The molecule has 3 atom stereocenters. The van der Waals surface area contributed by atoms with Crippen LogP contribution in [0.5, 0.6) is 5.75 Å². The number of thioether (sulfide) groups is 1. The zero-order valence-corrected chi connectivity index (χ0v) is 21.2. The van der Waals surface area contributed by atoms with Crippen molar-refractivity contribution in [2.75, 3.05) is 10.7 Å². The molecule has 5 nitrogen and oxygen atoms in total. The van der Waals surface area contributed by atoms with Crippen LogP contribution in [0, 0.1) is 6.92 Å². The summed E-state index contributed by atoms with van der Waals surface area (Å²) < 4.78 is 0. The molecule has 0 unspecified atom stereocenters. The predicted molar refractivity (Wildman–Crippen MR) is 145 cm³/mol. The first-order chi connectivity index (χ1) is 17.4. The first-order valence-corrected chi connectivity index (χ1v) is 13.0. The normalized spacial score (nSPS) is 18.1. The third-order valence-corrected chi connectivity index (χ3v) is 8.01. The van der Waals surface area contributed by atoms with Crippen LogP contribution in [0.4, 0.5) is 5.69 Å². The van der Waals surface area contributed by atoms with Gasteiger partial charge in [0.1, 0.15) is 11.0 Å². The Labute approximate surface area is 219 Å². The van der Waals surface area contributed by atoms with Gasteiger partial charge in [-0.3, -0.25) is 9.78 Å². The third-order valence-electron chi connectivity index (χ3n) is 6.45. The van der Waals surface area contributed by atoms with E-state index in [0.29, 0.717) is 10.8 Å². The van der Waals surface area contributed by atoms with Crippen molar-refractivity contribution in [2.45, 2.75) is 24.3 Å². The number of halogens is 1. The molecular weight excluding hydrogens is 492 g/mol. The van der Waals surface area contributed by atoms with Gasteiger partial charge in [-0.05, 0) is 77.2 Å². The number of pyridine rings is 1. The molecule has 1 saturated heterocycles. The van der Waals surface area contributed by atoms with Crippen LogP contribution < -0.4 is 4.90 Å². The van der Waals surface area contributed by atoms with E-state index in [1.54, 1.807) is 29.3 Å². The molecular formula is C29H25ClN2O3S. The molecule has 36 heavy (non-hydrogen) atoms. The standard InChI is InChI=1S/C29H25ClN2O3S/c1-18-15-22(30)8-13-25(18)26(34)17-36-28-27(20-6-11-24(33)12-7-20)32(29(28)35)23-9-4-19(5-10-23)21-3-2-14-31-16-21/h2-16,26-28,33-34H,17H2,1H3/t26-,27+,28+/m0/s1. The minimum atomic E-state index is -0.714. The van der Waals surface area contributed by atoms with Crippen LogP contribution in [0.25, 0.3) is 11.1 Å². The van der Waals surface area contributed by atoms with Crippen molar-refractivity contribution < 1.29 is 15.0 Å². The number of aromatic nitrogens is 1. The number of carbonyl (C=O) groups is 1. The number of anilines is 1. The highest BCUT2D eigenvalue weighted by molar-refractivity contribution is 8.00. The Morgan fingerprint density at radius 1 is 1.03 bits per heavy atom. The second-order valence-corrected chi connectivity index (χ2v) is 10.4. The number of hydrogen-bond acceptors (Lipinski definition) is 5. The first kappa shape index (κ1) is 24.4. The lowest BCUT2D eigenvalue weighted by Crippen LogP contribution is -2.57. The summed E-state index contributed by atoms with van der Waals surface area (Å²) in [6, 6.07) is 23.9. The van der Waals surface area contributed by atoms with Crippen molar-refractivity contribution in [3.63, 3.8) is 0 Å². The summed E-state index contributed by atoms with van der Waals surface area (Å²) in [4.78, 5) is 19.3. The molecule has 0 bridgehead atoms. The van der Waals surface area contributed by atoms with Crippen LogP contribution in [-0.4, -0.2) is 32.1 Å². The summed E-state index contributed by atoms with van der Waals surface area (Å²) in [6.07, 6.45) is 2.83. The number of β-lactam (4-membered cyclic amide) rings is 1. The Kier molecular flexibility index (Phi) is 7.01. The van der Waals surface area contributed by atoms with Gasteiger partial charge in [-0.2, -0.15) is 0 Å². The largest absolute Gasteiger partial charge is 0.508 e. The number of carbonyl (C=O) groups excluding carboxylic acids is 1. The molecule has 0 aliphatic carbocycles. The number of benzene rings is 3. The SMILES string of the molecule is Cc1cc(Cl)ccc1[C@@H](O)CS[C@H]1C(=O)N(c2ccc(-c3cccnc3)cc2)[C@@H]1c1ccc(O)cc1. The van der Waals surface area contributed by atoms with Crippen molar-refractivity contribution in [1.29, 1.82) is 0 Å². The van der Waals surface area contributed by atoms with Crippen LogP contribution in [0.3, 0.4) is 0 Å². The number of aliphatic hydroxyl groups is 1. The maximum Gasteiger partial charge on any atom is 0.243 e. The number of phenolic OH excluding ortho intramolecular Hbond substituents is 1. The van der Waals surface area contributed by atoms with Crippen molar-refractivity contribution in [1.82, 2.24) is 4.98 Å². The minimum absolute atomic E-state index is 0.00719. The van der Waals surface area contributed by atoms with Crippen LogP contribution in [0.15, 0.2) is 91.3 Å². The summed E-state index contributed by atoms with van der Waals surface area (Å²) in [7, 11) is 0. The highest BCUT2D eigenvalue weighted by atomic mass is 35.5. The first-order valence-electron chi connectivity index (χ1n) is 11.6. The molecule has 1 aliphatic rings. The molecule has 1 aromatic heterocycles. The van der Waals surface area contributed by atoms with Gasteiger partial charge in [-0.15, -0.1) is 11.8 Å². The number of amides is 1. The Morgan fingerprint density at radius 3 is 2.44 bits per heavy atom. The van der Waals surface area contributed by atoms with E-state index in [1.807, 2.05) is 73.8 Å². The van der Waals surface area contributed by atoms with Crippen LogP contribution in [0.1, 0.15) is 28.8 Å². The van der Waals surface area contributed by atoms with Crippen molar-refractivity contribution in [2.24, 2.45) is 0 Å². The van der Waals surface area contributed by atoms with Crippen molar-refractivity contribution in [3.05, 3.63) is 113 Å². The van der Waals surface area contributed by atoms with Crippen molar-refractivity contribution >= 4 is 35.0 Å². The summed E-state index contributed by atoms with van der Waals surface area (Å²) in [5.41, 5.74) is 5.49. The van der Waals surface area contributed by atoms with Crippen LogP contribution in [0.2, 0.25) is 5.02 Å². The van der Waals surface area contributed by atoms with Gasteiger partial charge in [-0.1, -0.05) is 48.0 Å². The Balaban J connectivity index is 1.38. The lowest BCUT2D eigenvalue weighted by molar-refractivity contribution is -0.123. The second-order valence-electron chi connectivity index (χ2n) is 8.80. The zero-order valence-electron chi connectivity index (χ0n) is 19.6. The average molecular weight is 517 g/mol. The van der Waals surface area contributed by atoms with Gasteiger partial charge < -0.3 is 15.1 Å². The Hall–Kier alpha value is -3.32. The average Bonchev–Trinajstić information content (AvgIpc) is 2.89. The highest BCUT2D eigenvalue weighted by Gasteiger charge is 2.49. The van der Waals surface area contributed by atoms with Gasteiger partial charge >= 0.3 is 0 Å². The van der Waals surface area contributed by atoms with Gasteiger partial charge in [0.15, 0.2) is 0 Å². The van der Waals surface area contributed by atoms with E-state index < -0.39 is 6.10 Å². The molecule has 1 aliphatic heterocycles. The number of phenols is 1. The van der Waals surface area contributed by atoms with Gasteiger partial charge in [0.25, 0.3) is 0 Å². The summed E-state index contributed by atoms with van der Waals surface area (Å²) in [5, 5.41) is 20.9. The molecule has 0 saturated carbocycles. The number of aryl methyl sites for hydroxylation is 1. The fraction of sp³-hybridized carbons (Fsp3) is 0.172. The minimum Gasteiger partial charge on any atom is -0.508 e. The van der Waals surface area contributed by atoms with Gasteiger partial charge in [0.2, 0.25) is 5.91 Å². The van der Waals surface area contributed by atoms with E-state index in [0.717, 1.165) is 33.5 Å². The summed E-state index contributed by atoms with van der Waals surface area (Å²) >= 11 is 7.51. The number of aliphatic hydroxyl groups excluding tert-OH is 1. The number of hydrogen-bond donors (Lipinski definition) is 2. The quantitative estimate of drug-likeness (QED) is 0.280. The topological polar surface area (TPSA) is 73.7 Å². The molecule has 4 aromatic rings. The highest BCUT2D eigenvalue weighted by Crippen LogP contribution is 2.46. The molecule has 0 radical (unpaired) electrons. The van der Waals surface area contributed by atoms with E-state index in [1.165, 1.54) is 11.8 Å². The Bertz CT molecular complexity index is 1360. The molecule has 2 heterocycles. The smallest absolute Gasteiger partial charge is 0.243 e. The maximum absolute atomic E-state index is 13.4. The van der Waals surface area contributed by atoms with Gasteiger partial charge in [-0.25, -0.2) is 0 Å². The van der Waals surface area contributed by atoms with E-state index in [2.05, 4.69) is 4.98 Å². The molecule has 7 heteroatoms. The van der Waals surface area contributed by atoms with Gasteiger partial charge in [0.05, 0.1) is 12.1 Å². The van der Waals surface area contributed by atoms with Gasteiger partial charge in [0, 0.05) is 28.9 Å². The van der Waals surface area contributed by atoms with Crippen LogP contribution in [-0.2, 0) is 4.79 Å². The van der Waals surface area contributed by atoms with Crippen LogP contribution >= 0.6 is 23.4 Å². The molecule has 2 N–H and O–H groups in total. The summed E-state index contributed by atoms with van der Waals surface area (Å²) in [6.45, 7) is 1.92. The summed E-state index contributed by atoms with van der Waals surface area (Å²) in [5.74, 6) is 0.545. The monoisotopic (exact) mass is 516 g/mol. The van der Waals surface area contributed by atoms with Crippen molar-refractivity contribution in [3.8, 4) is 16.9 Å². The number of aromatic hydroxyl groups is 1.